The minimum Gasteiger partial charge on any atom is -0.323 e. The number of pyridine rings is 1. The first-order chi connectivity index (χ1) is 7.00. The molecule has 2 heterocycles. The molecule has 0 radical (unpaired) electrons. The minimum atomic E-state index is -3.46. The third-order valence-corrected chi connectivity index (χ3v) is 4.09. The molecule has 5 nitrogen and oxygen atoms in total. The topological polar surface area (TPSA) is 76.1 Å². The molecule has 1 aliphatic rings. The number of fused-ring (bicyclic) bond motifs is 1. The molecule has 15 heavy (non-hydrogen) atoms. The van der Waals surface area contributed by atoms with Gasteiger partial charge >= 0.3 is 0 Å². The molecular formula is C9H10N2O3S. The van der Waals surface area contributed by atoms with Crippen LogP contribution in [0.4, 0.5) is 5.69 Å². The van der Waals surface area contributed by atoms with Crippen LogP contribution in [0, 0.1) is 5.92 Å². The number of amides is 1. The van der Waals surface area contributed by atoms with Crippen molar-refractivity contribution in [2.75, 3.05) is 11.1 Å². The lowest BCUT2D eigenvalue weighted by atomic mass is 10.2. The van der Waals surface area contributed by atoms with Gasteiger partial charge in [0.2, 0.25) is 5.91 Å². The van der Waals surface area contributed by atoms with Crippen LogP contribution >= 0.6 is 0 Å². The molecule has 1 aromatic rings. The zero-order valence-corrected chi connectivity index (χ0v) is 8.91. The van der Waals surface area contributed by atoms with Crippen molar-refractivity contribution in [1.29, 1.82) is 0 Å². The van der Waals surface area contributed by atoms with E-state index in [-0.39, 0.29) is 22.4 Å². The van der Waals surface area contributed by atoms with Gasteiger partial charge in [0.15, 0.2) is 14.9 Å². The van der Waals surface area contributed by atoms with Crippen molar-refractivity contribution in [3.63, 3.8) is 0 Å². The Morgan fingerprint density at radius 2 is 2.27 bits per heavy atom. The van der Waals surface area contributed by atoms with Crippen LogP contribution in [0.3, 0.4) is 0 Å². The highest BCUT2D eigenvalue weighted by Crippen LogP contribution is 2.25. The molecule has 1 amide bonds. The number of sulfone groups is 1. The van der Waals surface area contributed by atoms with E-state index in [9.17, 15) is 13.2 Å². The van der Waals surface area contributed by atoms with Crippen LogP contribution in [0.15, 0.2) is 23.4 Å². The van der Waals surface area contributed by atoms with Crippen LogP contribution in [0.2, 0.25) is 0 Å². The number of hydrogen-bond acceptors (Lipinski definition) is 4. The Labute approximate surface area is 87.4 Å². The van der Waals surface area contributed by atoms with Crippen molar-refractivity contribution in [3.8, 4) is 0 Å². The Hall–Kier alpha value is -1.43. The summed E-state index contributed by atoms with van der Waals surface area (Å²) in [7, 11) is -3.46. The lowest BCUT2D eigenvalue weighted by Crippen LogP contribution is -2.22. The van der Waals surface area contributed by atoms with Crippen LogP contribution in [0.1, 0.15) is 6.92 Å². The molecule has 80 valence electrons. The second-order valence-corrected chi connectivity index (χ2v) is 5.48. The fourth-order valence-corrected chi connectivity index (χ4v) is 3.12. The van der Waals surface area contributed by atoms with E-state index >= 15 is 0 Å². The summed E-state index contributed by atoms with van der Waals surface area (Å²) in [6.45, 7) is 1.58. The zero-order valence-electron chi connectivity index (χ0n) is 8.10. The smallest absolute Gasteiger partial charge is 0.228 e. The van der Waals surface area contributed by atoms with Gasteiger partial charge in [-0.05, 0) is 12.1 Å². The summed E-state index contributed by atoms with van der Waals surface area (Å²) in [5, 5.41) is 2.51. The van der Waals surface area contributed by atoms with Gasteiger partial charge in [0.1, 0.15) is 0 Å². The Morgan fingerprint density at radius 1 is 1.53 bits per heavy atom. The van der Waals surface area contributed by atoms with E-state index in [1.54, 1.807) is 13.0 Å². The third-order valence-electron chi connectivity index (χ3n) is 2.24. The zero-order chi connectivity index (χ0) is 11.1. The first-order valence-corrected chi connectivity index (χ1v) is 6.14. The maximum Gasteiger partial charge on any atom is 0.228 e. The van der Waals surface area contributed by atoms with Crippen LogP contribution in [0.25, 0.3) is 0 Å². The Balaban J connectivity index is 2.63. The minimum absolute atomic E-state index is 0.0392. The third kappa shape index (κ3) is 1.72. The molecule has 1 aliphatic heterocycles. The van der Waals surface area contributed by atoms with Crippen LogP contribution < -0.4 is 5.32 Å². The summed E-state index contributed by atoms with van der Waals surface area (Å²) in [6.07, 6.45) is 1.40. The second-order valence-electron chi connectivity index (χ2n) is 3.53. The molecule has 0 aliphatic carbocycles. The average Bonchev–Trinajstić information content (AvgIpc) is 2.24. The quantitative estimate of drug-likeness (QED) is 0.696. The second kappa shape index (κ2) is 3.30. The molecule has 1 unspecified atom stereocenters. The number of nitrogens with one attached hydrogen (secondary N) is 1. The summed E-state index contributed by atoms with van der Waals surface area (Å²) in [5.74, 6) is -1.03. The number of anilines is 1. The van der Waals surface area contributed by atoms with Crippen molar-refractivity contribution >= 4 is 21.4 Å². The van der Waals surface area contributed by atoms with Crippen LogP contribution in [-0.2, 0) is 14.6 Å². The predicted octanol–water partition coefficient (Wildman–Crippen LogP) is 0.444. The first kappa shape index (κ1) is 10.1. The maximum atomic E-state index is 11.8. The highest BCUT2D eigenvalue weighted by molar-refractivity contribution is 7.91. The summed E-state index contributed by atoms with van der Waals surface area (Å²) in [5.41, 5.74) is 0.270. The van der Waals surface area contributed by atoms with E-state index in [0.29, 0.717) is 0 Å². The van der Waals surface area contributed by atoms with Crippen molar-refractivity contribution < 1.29 is 13.2 Å². The average molecular weight is 226 g/mol. The van der Waals surface area contributed by atoms with Crippen LogP contribution in [-0.4, -0.2) is 25.1 Å². The summed E-state index contributed by atoms with van der Waals surface area (Å²) >= 11 is 0. The molecule has 0 spiro atoms. The van der Waals surface area contributed by atoms with E-state index in [4.69, 9.17) is 0 Å². The lowest BCUT2D eigenvalue weighted by Gasteiger charge is -2.04. The van der Waals surface area contributed by atoms with Gasteiger partial charge in [0.25, 0.3) is 0 Å². The van der Waals surface area contributed by atoms with Crippen molar-refractivity contribution in [1.82, 2.24) is 4.98 Å². The molecule has 1 N–H and O–H groups in total. The Kier molecular flexibility index (Phi) is 2.22. The van der Waals surface area contributed by atoms with Gasteiger partial charge in [-0.25, -0.2) is 13.4 Å². The number of hydrogen-bond donors (Lipinski definition) is 1. The number of carbonyl (C=O) groups excluding carboxylic acids is 1. The van der Waals surface area contributed by atoms with Gasteiger partial charge in [0, 0.05) is 12.1 Å². The molecule has 1 aromatic heterocycles. The molecule has 0 aromatic carbocycles. The molecule has 2 rings (SSSR count). The highest BCUT2D eigenvalue weighted by atomic mass is 32.2. The van der Waals surface area contributed by atoms with E-state index < -0.39 is 15.8 Å². The predicted molar refractivity (Wildman–Crippen MR) is 54.1 cm³/mol. The summed E-state index contributed by atoms with van der Waals surface area (Å²) in [4.78, 5) is 15.3. The van der Waals surface area contributed by atoms with Crippen molar-refractivity contribution in [2.45, 2.75) is 11.9 Å². The molecule has 0 saturated carbocycles. The molecular weight excluding hydrogens is 216 g/mol. The lowest BCUT2D eigenvalue weighted by molar-refractivity contribution is -0.118. The van der Waals surface area contributed by atoms with Gasteiger partial charge in [-0.2, -0.15) is 0 Å². The van der Waals surface area contributed by atoms with Gasteiger partial charge in [-0.3, -0.25) is 4.79 Å². The van der Waals surface area contributed by atoms with E-state index in [0.717, 1.165) is 0 Å². The SMILES string of the molecule is CC1CS(=O)(=O)c2ncccc2NC1=O. The monoisotopic (exact) mass is 226 g/mol. The van der Waals surface area contributed by atoms with Gasteiger partial charge in [-0.15, -0.1) is 0 Å². The fraction of sp³-hybridized carbons (Fsp3) is 0.333. The van der Waals surface area contributed by atoms with Gasteiger partial charge in [-0.1, -0.05) is 6.92 Å². The van der Waals surface area contributed by atoms with Gasteiger partial charge < -0.3 is 5.32 Å². The summed E-state index contributed by atoms with van der Waals surface area (Å²) < 4.78 is 23.6. The standard InChI is InChI=1S/C9H10N2O3S/c1-6-5-15(13,14)9-7(11-8(6)12)3-2-4-10-9/h2-4,6H,5H2,1H3,(H,11,12). The maximum absolute atomic E-state index is 11.8. The fourth-order valence-electron chi connectivity index (χ4n) is 1.47. The molecule has 6 heteroatoms. The van der Waals surface area contributed by atoms with Crippen molar-refractivity contribution in [2.24, 2.45) is 5.92 Å². The summed E-state index contributed by atoms with van der Waals surface area (Å²) in [6, 6.07) is 3.13. The molecule has 0 bridgehead atoms. The molecule has 0 fully saturated rings. The Bertz CT molecular complexity index is 510. The van der Waals surface area contributed by atoms with Crippen molar-refractivity contribution in [3.05, 3.63) is 18.3 Å². The van der Waals surface area contributed by atoms with Gasteiger partial charge in [0.05, 0.1) is 11.4 Å². The number of aromatic nitrogens is 1. The molecule has 0 saturated heterocycles. The Morgan fingerprint density at radius 3 is 3.00 bits per heavy atom. The number of carbonyl (C=O) groups is 1. The van der Waals surface area contributed by atoms with E-state index in [2.05, 4.69) is 10.3 Å². The highest BCUT2D eigenvalue weighted by Gasteiger charge is 2.31. The number of rotatable bonds is 0. The largest absolute Gasteiger partial charge is 0.323 e. The number of nitrogens with zero attached hydrogens (tertiary/aromatic N) is 1. The van der Waals surface area contributed by atoms with E-state index in [1.165, 1.54) is 12.3 Å². The van der Waals surface area contributed by atoms with Crippen LogP contribution in [0.5, 0.6) is 0 Å². The molecule has 1 atom stereocenters. The first-order valence-electron chi connectivity index (χ1n) is 4.49. The normalized spacial score (nSPS) is 23.8. The van der Waals surface area contributed by atoms with E-state index in [1.807, 2.05) is 0 Å².